The van der Waals surface area contributed by atoms with E-state index >= 15 is 0 Å². The van der Waals surface area contributed by atoms with Crippen LogP contribution in [0.25, 0.3) is 0 Å². The Hall–Kier alpha value is -2.34. The molecule has 1 aromatic carbocycles. The van der Waals surface area contributed by atoms with Crippen LogP contribution >= 0.6 is 0 Å². The monoisotopic (exact) mass is 373 g/mol. The number of hydrogen-bond acceptors (Lipinski definition) is 5. The summed E-state index contributed by atoms with van der Waals surface area (Å²) in [5, 5.41) is 19.8. The largest absolute Gasteiger partial charge is 0.494 e. The number of benzene rings is 1. The molecule has 3 rings (SSSR count). The van der Waals surface area contributed by atoms with Crippen molar-refractivity contribution in [1.29, 1.82) is 0 Å². The number of rotatable bonds is 7. The highest BCUT2D eigenvalue weighted by Gasteiger charge is 2.20. The molecule has 0 radical (unpaired) electrons. The molecule has 0 bridgehead atoms. The van der Waals surface area contributed by atoms with Crippen molar-refractivity contribution < 1.29 is 14.9 Å². The van der Waals surface area contributed by atoms with Crippen LogP contribution in [0.3, 0.4) is 0 Å². The standard InChI is InChI=1S/C21H31N3O3/c1-16(2)27-19-8-5-4-7-18(19)23-13-11-22(12-14-23)9-6-10-24-20(25)15-17(3)21(24)26/h4-5,7-8,15-16,25-26H,6,9-14H2,1-3H3. The second-order valence-corrected chi connectivity index (χ2v) is 7.48. The van der Waals surface area contributed by atoms with E-state index in [1.165, 1.54) is 5.69 Å². The maximum absolute atomic E-state index is 9.98. The van der Waals surface area contributed by atoms with Gasteiger partial charge in [0.15, 0.2) is 11.8 Å². The number of aromatic nitrogens is 1. The van der Waals surface area contributed by atoms with Gasteiger partial charge in [-0.2, -0.15) is 0 Å². The summed E-state index contributed by atoms with van der Waals surface area (Å²) in [5.74, 6) is 1.26. The van der Waals surface area contributed by atoms with E-state index in [0.717, 1.165) is 44.9 Å². The molecule has 0 saturated carbocycles. The molecule has 1 aromatic heterocycles. The van der Waals surface area contributed by atoms with Gasteiger partial charge in [-0.05, 0) is 45.9 Å². The Kier molecular flexibility index (Phi) is 6.16. The van der Waals surface area contributed by atoms with Crippen LogP contribution in [0.15, 0.2) is 30.3 Å². The average Bonchev–Trinajstić information content (AvgIpc) is 2.88. The quantitative estimate of drug-likeness (QED) is 0.780. The minimum absolute atomic E-state index is 0.136. The topological polar surface area (TPSA) is 61.1 Å². The molecular formula is C21H31N3O3. The normalized spacial score (nSPS) is 15.5. The van der Waals surface area contributed by atoms with Gasteiger partial charge in [-0.1, -0.05) is 12.1 Å². The molecule has 0 spiro atoms. The highest BCUT2D eigenvalue weighted by Crippen LogP contribution is 2.30. The summed E-state index contributed by atoms with van der Waals surface area (Å²) in [6, 6.07) is 9.86. The fourth-order valence-corrected chi connectivity index (χ4v) is 3.61. The predicted molar refractivity (Wildman–Crippen MR) is 108 cm³/mol. The minimum atomic E-state index is 0.136. The average molecular weight is 373 g/mol. The van der Waals surface area contributed by atoms with Crippen molar-refractivity contribution in [1.82, 2.24) is 9.47 Å². The summed E-state index contributed by atoms with van der Waals surface area (Å²) >= 11 is 0. The summed E-state index contributed by atoms with van der Waals surface area (Å²) in [4.78, 5) is 4.83. The lowest BCUT2D eigenvalue weighted by Crippen LogP contribution is -2.46. The number of nitrogens with zero attached hydrogens (tertiary/aromatic N) is 3. The first-order chi connectivity index (χ1) is 13.0. The van der Waals surface area contributed by atoms with E-state index in [1.54, 1.807) is 17.6 Å². The maximum Gasteiger partial charge on any atom is 0.196 e. The Bertz CT molecular complexity index is 749. The van der Waals surface area contributed by atoms with Gasteiger partial charge in [0.2, 0.25) is 0 Å². The van der Waals surface area contributed by atoms with Crippen molar-refractivity contribution in [2.24, 2.45) is 0 Å². The third kappa shape index (κ3) is 4.69. The summed E-state index contributed by atoms with van der Waals surface area (Å²) < 4.78 is 7.53. The molecule has 2 aromatic rings. The van der Waals surface area contributed by atoms with E-state index < -0.39 is 0 Å². The highest BCUT2D eigenvalue weighted by atomic mass is 16.5. The first-order valence-electron chi connectivity index (χ1n) is 9.76. The SMILES string of the molecule is Cc1cc(O)n(CCCN2CCN(c3ccccc3OC(C)C)CC2)c1O. The molecule has 1 saturated heterocycles. The van der Waals surface area contributed by atoms with Crippen LogP contribution in [-0.4, -0.2) is 58.5 Å². The number of ether oxygens (including phenoxy) is 1. The van der Waals surface area contributed by atoms with Crippen molar-refractivity contribution in [3.05, 3.63) is 35.9 Å². The Balaban J connectivity index is 1.49. The van der Waals surface area contributed by atoms with Crippen molar-refractivity contribution in [3.63, 3.8) is 0 Å². The van der Waals surface area contributed by atoms with Crippen molar-refractivity contribution in [2.45, 2.75) is 39.8 Å². The molecule has 6 heteroatoms. The van der Waals surface area contributed by atoms with Gasteiger partial charge >= 0.3 is 0 Å². The van der Waals surface area contributed by atoms with Crippen molar-refractivity contribution >= 4 is 5.69 Å². The molecule has 1 aliphatic heterocycles. The lowest BCUT2D eigenvalue weighted by Gasteiger charge is -2.37. The molecule has 0 amide bonds. The Morgan fingerprint density at radius 3 is 2.37 bits per heavy atom. The van der Waals surface area contributed by atoms with Gasteiger partial charge in [0, 0.05) is 44.4 Å². The third-order valence-electron chi connectivity index (χ3n) is 5.03. The van der Waals surface area contributed by atoms with Gasteiger partial charge < -0.3 is 19.8 Å². The van der Waals surface area contributed by atoms with Crippen molar-refractivity contribution in [2.75, 3.05) is 37.6 Å². The van der Waals surface area contributed by atoms with Crippen LogP contribution < -0.4 is 9.64 Å². The van der Waals surface area contributed by atoms with E-state index in [9.17, 15) is 10.2 Å². The first kappa shape index (κ1) is 19.4. The molecule has 0 atom stereocenters. The van der Waals surface area contributed by atoms with E-state index in [0.29, 0.717) is 12.1 Å². The van der Waals surface area contributed by atoms with Crippen molar-refractivity contribution in [3.8, 4) is 17.5 Å². The van der Waals surface area contributed by atoms with Gasteiger partial charge in [-0.15, -0.1) is 0 Å². The molecule has 27 heavy (non-hydrogen) atoms. The highest BCUT2D eigenvalue weighted by molar-refractivity contribution is 5.58. The second kappa shape index (κ2) is 8.57. The Morgan fingerprint density at radius 2 is 1.74 bits per heavy atom. The van der Waals surface area contributed by atoms with E-state index in [2.05, 4.69) is 35.8 Å². The Morgan fingerprint density at radius 1 is 1.04 bits per heavy atom. The van der Waals surface area contributed by atoms with Gasteiger partial charge in [-0.25, -0.2) is 0 Å². The van der Waals surface area contributed by atoms with E-state index in [-0.39, 0.29) is 17.9 Å². The smallest absolute Gasteiger partial charge is 0.196 e. The lowest BCUT2D eigenvalue weighted by atomic mass is 10.2. The van der Waals surface area contributed by atoms with E-state index in [1.807, 2.05) is 12.1 Å². The minimum Gasteiger partial charge on any atom is -0.494 e. The summed E-state index contributed by atoms with van der Waals surface area (Å²) in [6.45, 7) is 11.4. The number of piperazine rings is 1. The van der Waals surface area contributed by atoms with Gasteiger partial charge in [0.05, 0.1) is 11.8 Å². The number of aryl methyl sites for hydroxylation is 1. The number of aromatic hydroxyl groups is 2. The van der Waals surface area contributed by atoms with Crippen LogP contribution in [0, 0.1) is 6.92 Å². The molecule has 148 valence electrons. The molecule has 6 nitrogen and oxygen atoms in total. The summed E-state index contributed by atoms with van der Waals surface area (Å²) in [5.41, 5.74) is 1.88. The van der Waals surface area contributed by atoms with Crippen LogP contribution in [0.2, 0.25) is 0 Å². The molecule has 0 unspecified atom stereocenters. The van der Waals surface area contributed by atoms with Crippen LogP contribution in [-0.2, 0) is 6.54 Å². The zero-order valence-corrected chi connectivity index (χ0v) is 16.6. The predicted octanol–water partition coefficient (Wildman–Crippen LogP) is 3.21. The van der Waals surface area contributed by atoms with Crippen LogP contribution in [0.4, 0.5) is 5.69 Å². The van der Waals surface area contributed by atoms with Gasteiger partial charge in [0.1, 0.15) is 5.75 Å². The summed E-state index contributed by atoms with van der Waals surface area (Å²) in [7, 11) is 0. The third-order valence-corrected chi connectivity index (χ3v) is 5.03. The Labute approximate surface area is 161 Å². The summed E-state index contributed by atoms with van der Waals surface area (Å²) in [6.07, 6.45) is 1.06. The van der Waals surface area contributed by atoms with Gasteiger partial charge in [-0.3, -0.25) is 9.47 Å². The molecular weight excluding hydrogens is 342 g/mol. The first-order valence-corrected chi connectivity index (χ1v) is 9.76. The van der Waals surface area contributed by atoms with Crippen LogP contribution in [0.1, 0.15) is 25.8 Å². The zero-order valence-electron chi connectivity index (χ0n) is 16.6. The van der Waals surface area contributed by atoms with Gasteiger partial charge in [0.25, 0.3) is 0 Å². The second-order valence-electron chi connectivity index (χ2n) is 7.48. The molecule has 2 heterocycles. The molecule has 0 aliphatic carbocycles. The fourth-order valence-electron chi connectivity index (χ4n) is 3.61. The zero-order chi connectivity index (χ0) is 19.4. The molecule has 1 aliphatic rings. The fraction of sp³-hybridized carbons (Fsp3) is 0.524. The number of anilines is 1. The van der Waals surface area contributed by atoms with Crippen LogP contribution in [0.5, 0.6) is 17.5 Å². The lowest BCUT2D eigenvalue weighted by molar-refractivity contribution is 0.235. The van der Waals surface area contributed by atoms with E-state index in [4.69, 9.17) is 4.74 Å². The molecule has 1 fully saturated rings. The number of para-hydroxylation sites is 2. The molecule has 2 N–H and O–H groups in total. The number of hydrogen-bond donors (Lipinski definition) is 2. The maximum atomic E-state index is 9.98.